The minimum absolute atomic E-state index is 0.546. The summed E-state index contributed by atoms with van der Waals surface area (Å²) in [6.07, 6.45) is 1.94. The molecule has 104 valence electrons. The van der Waals surface area contributed by atoms with Gasteiger partial charge in [0.05, 0.1) is 9.26 Å². The van der Waals surface area contributed by atoms with Gasteiger partial charge < -0.3 is 4.90 Å². The van der Waals surface area contributed by atoms with Crippen molar-refractivity contribution >= 4 is 39.9 Å². The lowest BCUT2D eigenvalue weighted by atomic mass is 10.1. The average Bonchev–Trinajstić information content (AvgIpc) is 2.83. The average molecular weight is 400 g/mol. The van der Waals surface area contributed by atoms with Crippen LogP contribution >= 0.6 is 34.2 Å². The Morgan fingerprint density at radius 1 is 1.35 bits per heavy atom. The number of halogens is 2. The highest BCUT2D eigenvalue weighted by molar-refractivity contribution is 14.1. The van der Waals surface area contributed by atoms with Crippen molar-refractivity contribution in [1.29, 1.82) is 0 Å². The van der Waals surface area contributed by atoms with Gasteiger partial charge in [0.15, 0.2) is 5.82 Å². The van der Waals surface area contributed by atoms with E-state index in [-0.39, 0.29) is 0 Å². The third kappa shape index (κ3) is 2.39. The molecule has 0 N–H and O–H groups in total. The fourth-order valence-corrected chi connectivity index (χ4v) is 3.34. The van der Waals surface area contributed by atoms with Crippen molar-refractivity contribution in [3.8, 4) is 11.4 Å². The quantitative estimate of drug-likeness (QED) is 0.565. The maximum atomic E-state index is 6.22. The zero-order valence-corrected chi connectivity index (χ0v) is 14.4. The molecular formula is C15H15ClIN3. The summed E-state index contributed by atoms with van der Waals surface area (Å²) in [6.45, 7) is 3.16. The largest absolute Gasteiger partial charge is 0.374 e. The SMILES string of the molecule is CCc1nc(-c2ccc3c(c2)CCN3C)nc(Cl)c1I. The van der Waals surface area contributed by atoms with E-state index in [1.807, 2.05) is 0 Å². The first-order valence-electron chi connectivity index (χ1n) is 6.66. The van der Waals surface area contributed by atoms with Crippen LogP contribution in [0.1, 0.15) is 18.2 Å². The highest BCUT2D eigenvalue weighted by atomic mass is 127. The van der Waals surface area contributed by atoms with Crippen LogP contribution in [0.5, 0.6) is 0 Å². The van der Waals surface area contributed by atoms with Crippen LogP contribution in [-0.2, 0) is 12.8 Å². The van der Waals surface area contributed by atoms with E-state index in [1.54, 1.807) is 0 Å². The Kier molecular flexibility index (Phi) is 3.86. The van der Waals surface area contributed by atoms with E-state index in [0.717, 1.165) is 40.0 Å². The van der Waals surface area contributed by atoms with Crippen LogP contribution in [-0.4, -0.2) is 23.6 Å². The number of hydrogen-bond donors (Lipinski definition) is 0. The van der Waals surface area contributed by atoms with Gasteiger partial charge in [-0.2, -0.15) is 0 Å². The molecule has 0 unspecified atom stereocenters. The van der Waals surface area contributed by atoms with E-state index >= 15 is 0 Å². The number of nitrogens with zero attached hydrogens (tertiary/aromatic N) is 3. The Labute approximate surface area is 137 Å². The molecule has 1 aliphatic rings. The van der Waals surface area contributed by atoms with Crippen molar-refractivity contribution in [1.82, 2.24) is 9.97 Å². The van der Waals surface area contributed by atoms with Crippen molar-refractivity contribution in [2.45, 2.75) is 19.8 Å². The van der Waals surface area contributed by atoms with Gasteiger partial charge in [0.2, 0.25) is 0 Å². The van der Waals surface area contributed by atoms with Crippen molar-refractivity contribution < 1.29 is 0 Å². The fraction of sp³-hybridized carbons (Fsp3) is 0.333. The van der Waals surface area contributed by atoms with Gasteiger partial charge in [-0.1, -0.05) is 18.5 Å². The molecule has 0 atom stereocenters. The van der Waals surface area contributed by atoms with Gasteiger partial charge in [0.1, 0.15) is 5.15 Å². The maximum absolute atomic E-state index is 6.22. The van der Waals surface area contributed by atoms with Crippen molar-refractivity contribution in [2.75, 3.05) is 18.5 Å². The molecule has 0 saturated heterocycles. The van der Waals surface area contributed by atoms with Crippen LogP contribution < -0.4 is 4.90 Å². The van der Waals surface area contributed by atoms with Crippen LogP contribution in [0.15, 0.2) is 18.2 Å². The third-order valence-corrected chi connectivity index (χ3v) is 5.41. The molecule has 0 aliphatic carbocycles. The Bertz CT molecular complexity index is 672. The summed E-state index contributed by atoms with van der Waals surface area (Å²) in [5.41, 5.74) is 4.73. The summed E-state index contributed by atoms with van der Waals surface area (Å²) in [5.74, 6) is 0.726. The third-order valence-electron chi connectivity index (χ3n) is 3.68. The number of anilines is 1. The monoisotopic (exact) mass is 399 g/mol. The fourth-order valence-electron chi connectivity index (χ4n) is 2.53. The number of rotatable bonds is 2. The van der Waals surface area contributed by atoms with E-state index in [4.69, 9.17) is 11.6 Å². The van der Waals surface area contributed by atoms with Crippen LogP contribution in [0.3, 0.4) is 0 Å². The van der Waals surface area contributed by atoms with Gasteiger partial charge in [-0.15, -0.1) is 0 Å². The number of hydrogen-bond acceptors (Lipinski definition) is 3. The summed E-state index contributed by atoms with van der Waals surface area (Å²) in [6, 6.07) is 6.42. The highest BCUT2D eigenvalue weighted by Crippen LogP contribution is 2.31. The van der Waals surface area contributed by atoms with Gasteiger partial charge in [0, 0.05) is 24.8 Å². The molecule has 5 heteroatoms. The lowest BCUT2D eigenvalue weighted by Crippen LogP contribution is -2.12. The summed E-state index contributed by atoms with van der Waals surface area (Å²) in [5, 5.41) is 0.546. The Morgan fingerprint density at radius 3 is 2.90 bits per heavy atom. The van der Waals surface area contributed by atoms with Crippen molar-refractivity contribution in [3.63, 3.8) is 0 Å². The van der Waals surface area contributed by atoms with Gasteiger partial charge in [0.25, 0.3) is 0 Å². The van der Waals surface area contributed by atoms with Crippen LogP contribution in [0.4, 0.5) is 5.69 Å². The second-order valence-corrected chi connectivity index (χ2v) is 6.40. The summed E-state index contributed by atoms with van der Waals surface area (Å²) in [4.78, 5) is 11.4. The van der Waals surface area contributed by atoms with Gasteiger partial charge in [-0.25, -0.2) is 9.97 Å². The normalized spacial score (nSPS) is 13.7. The first kappa shape index (κ1) is 14.1. The standard InChI is InChI=1S/C15H15ClIN3/c1-3-11-13(17)14(16)19-15(18-11)10-4-5-12-9(8-10)6-7-20(12)2/h4-5,8H,3,6-7H2,1-2H3. The summed E-state index contributed by atoms with van der Waals surface area (Å²) in [7, 11) is 2.12. The minimum Gasteiger partial charge on any atom is -0.374 e. The van der Waals surface area contributed by atoms with Crippen molar-refractivity contribution in [2.24, 2.45) is 0 Å². The minimum atomic E-state index is 0.546. The molecule has 20 heavy (non-hydrogen) atoms. The number of fused-ring (bicyclic) bond motifs is 1. The molecule has 2 heterocycles. The summed E-state index contributed by atoms with van der Waals surface area (Å²) >= 11 is 8.43. The maximum Gasteiger partial charge on any atom is 0.161 e. The topological polar surface area (TPSA) is 29.0 Å². The molecule has 0 saturated carbocycles. The van der Waals surface area contributed by atoms with E-state index in [9.17, 15) is 0 Å². The van der Waals surface area contributed by atoms with E-state index in [2.05, 4.69) is 69.6 Å². The predicted octanol–water partition coefficient (Wildman–Crippen LogP) is 3.96. The molecule has 0 bridgehead atoms. The second kappa shape index (κ2) is 5.48. The lowest BCUT2D eigenvalue weighted by molar-refractivity contribution is 0.956. The van der Waals surface area contributed by atoms with Gasteiger partial charge in [-0.05, 0) is 59.2 Å². The molecule has 2 aromatic rings. The number of aryl methyl sites for hydroxylation is 1. The molecule has 0 spiro atoms. The van der Waals surface area contributed by atoms with Gasteiger partial charge in [-0.3, -0.25) is 0 Å². The Hall–Kier alpha value is -0.880. The molecular weight excluding hydrogens is 385 g/mol. The molecule has 0 amide bonds. The molecule has 0 radical (unpaired) electrons. The smallest absolute Gasteiger partial charge is 0.161 e. The van der Waals surface area contributed by atoms with E-state index in [0.29, 0.717) is 5.15 Å². The van der Waals surface area contributed by atoms with Crippen LogP contribution in [0.2, 0.25) is 5.15 Å². The number of benzene rings is 1. The number of likely N-dealkylation sites (N-methyl/N-ethyl adjacent to an activating group) is 1. The highest BCUT2D eigenvalue weighted by Gasteiger charge is 2.17. The first-order valence-corrected chi connectivity index (χ1v) is 8.12. The zero-order chi connectivity index (χ0) is 14.3. The molecule has 3 nitrogen and oxygen atoms in total. The zero-order valence-electron chi connectivity index (χ0n) is 11.5. The van der Waals surface area contributed by atoms with Crippen molar-refractivity contribution in [3.05, 3.63) is 38.2 Å². The lowest BCUT2D eigenvalue weighted by Gasteiger charge is -2.12. The summed E-state index contributed by atoms with van der Waals surface area (Å²) < 4.78 is 0.955. The second-order valence-electron chi connectivity index (χ2n) is 4.97. The molecule has 1 aromatic heterocycles. The van der Waals surface area contributed by atoms with Gasteiger partial charge >= 0.3 is 0 Å². The number of aromatic nitrogens is 2. The van der Waals surface area contributed by atoms with Crippen LogP contribution in [0.25, 0.3) is 11.4 Å². The molecule has 1 aromatic carbocycles. The van der Waals surface area contributed by atoms with E-state index in [1.165, 1.54) is 11.3 Å². The molecule has 0 fully saturated rings. The Morgan fingerprint density at radius 2 is 2.15 bits per heavy atom. The predicted molar refractivity (Wildman–Crippen MR) is 91.5 cm³/mol. The molecule has 3 rings (SSSR count). The molecule has 1 aliphatic heterocycles. The Balaban J connectivity index is 2.08. The van der Waals surface area contributed by atoms with E-state index < -0.39 is 0 Å². The first-order chi connectivity index (χ1) is 9.60. The van der Waals surface area contributed by atoms with Crippen LogP contribution in [0, 0.1) is 3.57 Å².